The van der Waals surface area contributed by atoms with Crippen LogP contribution >= 0.6 is 0 Å². The van der Waals surface area contributed by atoms with E-state index in [-0.39, 0.29) is 6.10 Å². The molecule has 4 rings (SSSR count). The van der Waals surface area contributed by atoms with E-state index >= 15 is 0 Å². The van der Waals surface area contributed by atoms with Gasteiger partial charge in [0, 0.05) is 24.4 Å². The maximum atomic E-state index is 6.28. The van der Waals surface area contributed by atoms with Gasteiger partial charge in [-0.3, -0.25) is 0 Å². The van der Waals surface area contributed by atoms with Gasteiger partial charge in [-0.15, -0.1) is 0 Å². The molecule has 29 heavy (non-hydrogen) atoms. The number of nitrogens with zero attached hydrogens (tertiary/aromatic N) is 3. The Morgan fingerprint density at radius 2 is 1.83 bits per heavy atom. The molecule has 2 heterocycles. The standard InChI is InChI=1S/C23H27N3O3/c1-15(2)16-6-5-7-17(10-16)29-18-8-9-26(13-18)23-19-11-21(27-3)22(28-4)12-20(19)24-14-25-23/h5-7,10-12,14-15,18H,8-9,13H2,1-4H3/t18-/m1/s1. The van der Waals surface area contributed by atoms with E-state index in [0.717, 1.165) is 42.0 Å². The van der Waals surface area contributed by atoms with Gasteiger partial charge in [0.25, 0.3) is 0 Å². The van der Waals surface area contributed by atoms with Crippen molar-refractivity contribution in [3.8, 4) is 17.2 Å². The van der Waals surface area contributed by atoms with Crippen molar-refractivity contribution in [3.05, 3.63) is 48.3 Å². The molecular weight excluding hydrogens is 366 g/mol. The molecule has 152 valence electrons. The molecule has 2 aromatic carbocycles. The van der Waals surface area contributed by atoms with E-state index in [1.807, 2.05) is 18.2 Å². The van der Waals surface area contributed by atoms with Crippen LogP contribution in [-0.4, -0.2) is 43.4 Å². The molecule has 1 aromatic heterocycles. The minimum atomic E-state index is 0.127. The molecule has 1 saturated heterocycles. The third-order valence-electron chi connectivity index (χ3n) is 5.39. The van der Waals surface area contributed by atoms with Crippen molar-refractivity contribution >= 4 is 16.7 Å². The Morgan fingerprint density at radius 3 is 2.59 bits per heavy atom. The van der Waals surface area contributed by atoms with Gasteiger partial charge in [-0.25, -0.2) is 9.97 Å². The summed E-state index contributed by atoms with van der Waals surface area (Å²) in [4.78, 5) is 11.2. The lowest BCUT2D eigenvalue weighted by Gasteiger charge is -2.20. The summed E-state index contributed by atoms with van der Waals surface area (Å²) in [6, 6.07) is 12.2. The molecule has 1 aliphatic rings. The molecule has 0 radical (unpaired) electrons. The Balaban J connectivity index is 1.56. The molecule has 6 nitrogen and oxygen atoms in total. The van der Waals surface area contributed by atoms with Crippen LogP contribution in [0.15, 0.2) is 42.7 Å². The zero-order valence-corrected chi connectivity index (χ0v) is 17.4. The summed E-state index contributed by atoms with van der Waals surface area (Å²) in [5, 5.41) is 0.951. The Hall–Kier alpha value is -3.02. The first-order chi connectivity index (χ1) is 14.1. The number of fused-ring (bicyclic) bond motifs is 1. The number of hydrogen-bond acceptors (Lipinski definition) is 6. The summed E-state index contributed by atoms with van der Waals surface area (Å²) in [6.45, 7) is 6.06. The van der Waals surface area contributed by atoms with Crippen LogP contribution in [0.4, 0.5) is 5.82 Å². The fraction of sp³-hybridized carbons (Fsp3) is 0.391. The summed E-state index contributed by atoms with van der Waals surface area (Å²) in [5.74, 6) is 3.66. The average molecular weight is 393 g/mol. The van der Waals surface area contributed by atoms with Crippen LogP contribution in [0, 0.1) is 0 Å². The summed E-state index contributed by atoms with van der Waals surface area (Å²) < 4.78 is 17.2. The van der Waals surface area contributed by atoms with Crippen LogP contribution in [0.1, 0.15) is 31.7 Å². The topological polar surface area (TPSA) is 56.7 Å². The van der Waals surface area contributed by atoms with E-state index in [0.29, 0.717) is 17.4 Å². The molecule has 6 heteroatoms. The number of hydrogen-bond donors (Lipinski definition) is 0. The maximum absolute atomic E-state index is 6.28. The first-order valence-corrected chi connectivity index (χ1v) is 9.97. The van der Waals surface area contributed by atoms with E-state index in [9.17, 15) is 0 Å². The normalized spacial score (nSPS) is 16.4. The van der Waals surface area contributed by atoms with Crippen molar-refractivity contribution in [2.75, 3.05) is 32.2 Å². The SMILES string of the molecule is COc1cc2ncnc(N3CC[C@@H](Oc4cccc(C(C)C)c4)C3)c2cc1OC. The van der Waals surface area contributed by atoms with E-state index in [1.54, 1.807) is 20.5 Å². The molecule has 1 fully saturated rings. The average Bonchev–Trinajstić information content (AvgIpc) is 3.20. The third kappa shape index (κ3) is 3.92. The molecule has 0 aliphatic carbocycles. The van der Waals surface area contributed by atoms with Crippen LogP contribution < -0.4 is 19.1 Å². The van der Waals surface area contributed by atoms with Gasteiger partial charge in [0.2, 0.25) is 0 Å². The van der Waals surface area contributed by atoms with Gasteiger partial charge in [-0.2, -0.15) is 0 Å². The van der Waals surface area contributed by atoms with Gasteiger partial charge in [-0.05, 0) is 29.7 Å². The predicted molar refractivity (Wildman–Crippen MR) is 114 cm³/mol. The number of methoxy groups -OCH3 is 2. The maximum Gasteiger partial charge on any atom is 0.162 e. The lowest BCUT2D eigenvalue weighted by molar-refractivity contribution is 0.224. The first kappa shape index (κ1) is 19.3. The van der Waals surface area contributed by atoms with Crippen molar-refractivity contribution < 1.29 is 14.2 Å². The largest absolute Gasteiger partial charge is 0.493 e. The molecule has 0 N–H and O–H groups in total. The van der Waals surface area contributed by atoms with E-state index in [4.69, 9.17) is 14.2 Å². The van der Waals surface area contributed by atoms with Crippen LogP contribution in [0.25, 0.3) is 10.9 Å². The van der Waals surface area contributed by atoms with Gasteiger partial charge < -0.3 is 19.1 Å². The molecule has 0 bridgehead atoms. The van der Waals surface area contributed by atoms with Crippen molar-refractivity contribution in [1.29, 1.82) is 0 Å². The van der Waals surface area contributed by atoms with Crippen LogP contribution in [0.3, 0.4) is 0 Å². The monoisotopic (exact) mass is 393 g/mol. The molecule has 3 aromatic rings. The summed E-state index contributed by atoms with van der Waals surface area (Å²) in [7, 11) is 3.26. The van der Waals surface area contributed by atoms with Gasteiger partial charge >= 0.3 is 0 Å². The van der Waals surface area contributed by atoms with Gasteiger partial charge in [0.15, 0.2) is 11.5 Å². The third-order valence-corrected chi connectivity index (χ3v) is 5.39. The summed E-state index contributed by atoms with van der Waals surface area (Å²) >= 11 is 0. The molecule has 0 amide bonds. The van der Waals surface area contributed by atoms with E-state index in [2.05, 4.69) is 46.9 Å². The second-order valence-electron chi connectivity index (χ2n) is 7.62. The van der Waals surface area contributed by atoms with E-state index < -0.39 is 0 Å². The molecule has 1 aliphatic heterocycles. The molecule has 1 atom stereocenters. The second-order valence-corrected chi connectivity index (χ2v) is 7.62. The Bertz CT molecular complexity index is 1010. The molecule has 0 spiro atoms. The Kier molecular flexibility index (Phi) is 5.43. The molecular formula is C23H27N3O3. The van der Waals surface area contributed by atoms with Crippen molar-refractivity contribution in [2.45, 2.75) is 32.3 Å². The number of rotatable bonds is 6. The van der Waals surface area contributed by atoms with Crippen LogP contribution in [-0.2, 0) is 0 Å². The lowest BCUT2D eigenvalue weighted by atomic mass is 10.0. The van der Waals surface area contributed by atoms with Crippen molar-refractivity contribution in [3.63, 3.8) is 0 Å². The highest BCUT2D eigenvalue weighted by molar-refractivity contribution is 5.92. The fourth-order valence-corrected chi connectivity index (χ4v) is 3.78. The highest BCUT2D eigenvalue weighted by Crippen LogP contribution is 2.35. The predicted octanol–water partition coefficient (Wildman–Crippen LogP) is 4.43. The Labute approximate surface area is 171 Å². The van der Waals surface area contributed by atoms with Crippen LogP contribution in [0.5, 0.6) is 17.2 Å². The minimum Gasteiger partial charge on any atom is -0.493 e. The van der Waals surface area contributed by atoms with Gasteiger partial charge in [0.1, 0.15) is 24.0 Å². The minimum absolute atomic E-state index is 0.127. The highest BCUT2D eigenvalue weighted by Gasteiger charge is 2.27. The second kappa shape index (κ2) is 8.15. The number of benzene rings is 2. The Morgan fingerprint density at radius 1 is 1.03 bits per heavy atom. The number of aromatic nitrogens is 2. The molecule has 0 saturated carbocycles. The summed E-state index contributed by atoms with van der Waals surface area (Å²) in [6.07, 6.45) is 2.68. The number of ether oxygens (including phenoxy) is 3. The van der Waals surface area contributed by atoms with E-state index in [1.165, 1.54) is 5.56 Å². The van der Waals surface area contributed by atoms with Crippen LogP contribution in [0.2, 0.25) is 0 Å². The lowest BCUT2D eigenvalue weighted by Crippen LogP contribution is -2.25. The first-order valence-electron chi connectivity index (χ1n) is 9.97. The molecule has 0 unspecified atom stereocenters. The highest BCUT2D eigenvalue weighted by atomic mass is 16.5. The van der Waals surface area contributed by atoms with Crippen molar-refractivity contribution in [1.82, 2.24) is 9.97 Å². The quantitative estimate of drug-likeness (QED) is 0.618. The summed E-state index contributed by atoms with van der Waals surface area (Å²) in [5.41, 5.74) is 2.13. The van der Waals surface area contributed by atoms with Gasteiger partial charge in [0.05, 0.1) is 26.3 Å². The number of anilines is 1. The van der Waals surface area contributed by atoms with Crippen molar-refractivity contribution in [2.24, 2.45) is 0 Å². The smallest absolute Gasteiger partial charge is 0.162 e. The fourth-order valence-electron chi connectivity index (χ4n) is 3.78. The zero-order valence-electron chi connectivity index (χ0n) is 17.4. The van der Waals surface area contributed by atoms with Gasteiger partial charge in [-0.1, -0.05) is 26.0 Å². The zero-order chi connectivity index (χ0) is 20.4.